The van der Waals surface area contributed by atoms with Crippen LogP contribution < -0.4 is 0 Å². The van der Waals surface area contributed by atoms with Crippen LogP contribution in [-0.4, -0.2) is 9.97 Å². The lowest BCUT2D eigenvalue weighted by atomic mass is 10.2. The van der Waals surface area contributed by atoms with Gasteiger partial charge in [0.15, 0.2) is 0 Å². The largest absolute Gasteiger partial charge is 0.338 e. The Bertz CT molecular complexity index is 737. The highest BCUT2D eigenvalue weighted by Gasteiger charge is 2.09. The predicted octanol–water partition coefficient (Wildman–Crippen LogP) is 5.30. The van der Waals surface area contributed by atoms with Crippen LogP contribution in [0.2, 0.25) is 10.0 Å². The van der Waals surface area contributed by atoms with Crippen LogP contribution in [-0.2, 0) is 0 Å². The zero-order chi connectivity index (χ0) is 12.7. The number of fused-ring (bicyclic) bond motifs is 1. The van der Waals surface area contributed by atoms with Crippen molar-refractivity contribution in [3.63, 3.8) is 0 Å². The molecule has 0 spiro atoms. The van der Waals surface area contributed by atoms with Gasteiger partial charge in [-0.15, -0.1) is 0 Å². The number of imidazole rings is 1. The number of rotatable bonds is 1. The second-order valence-electron chi connectivity index (χ2n) is 3.87. The minimum absolute atomic E-state index is 0.673. The van der Waals surface area contributed by atoms with Crippen LogP contribution in [0.25, 0.3) is 22.4 Å². The van der Waals surface area contributed by atoms with Crippen LogP contribution in [0.5, 0.6) is 0 Å². The molecule has 0 aliphatic heterocycles. The Morgan fingerprint density at radius 1 is 1.00 bits per heavy atom. The fourth-order valence-corrected chi connectivity index (χ4v) is 2.57. The molecule has 5 heteroatoms. The molecule has 0 saturated carbocycles. The van der Waals surface area contributed by atoms with Crippen molar-refractivity contribution in [1.82, 2.24) is 9.97 Å². The first-order valence-electron chi connectivity index (χ1n) is 5.24. The number of benzene rings is 2. The molecule has 0 unspecified atom stereocenters. The molecule has 18 heavy (non-hydrogen) atoms. The third-order valence-corrected chi connectivity index (χ3v) is 3.79. The quantitative estimate of drug-likeness (QED) is 0.639. The maximum absolute atomic E-state index is 6.01. The van der Waals surface area contributed by atoms with Gasteiger partial charge in [-0.05, 0) is 36.4 Å². The van der Waals surface area contributed by atoms with Crippen LogP contribution in [0.15, 0.2) is 40.9 Å². The summed E-state index contributed by atoms with van der Waals surface area (Å²) in [6, 6.07) is 11.2. The SMILES string of the molecule is Clc1ccc(Br)c(-c2nc3ccc(Cl)cc3[nH]2)c1. The molecular weight excluding hydrogens is 335 g/mol. The maximum atomic E-state index is 6.01. The summed E-state index contributed by atoms with van der Waals surface area (Å²) in [6.45, 7) is 0. The fourth-order valence-electron chi connectivity index (χ4n) is 1.79. The molecule has 3 rings (SSSR count). The van der Waals surface area contributed by atoms with E-state index in [9.17, 15) is 0 Å². The molecule has 0 aliphatic carbocycles. The molecule has 2 aromatic carbocycles. The summed E-state index contributed by atoms with van der Waals surface area (Å²) in [5.41, 5.74) is 2.71. The van der Waals surface area contributed by atoms with Crippen molar-refractivity contribution in [1.29, 1.82) is 0 Å². The van der Waals surface area contributed by atoms with Crippen molar-refractivity contribution in [3.05, 3.63) is 50.9 Å². The highest BCUT2D eigenvalue weighted by molar-refractivity contribution is 9.10. The van der Waals surface area contributed by atoms with Crippen molar-refractivity contribution in [2.75, 3.05) is 0 Å². The monoisotopic (exact) mass is 340 g/mol. The van der Waals surface area contributed by atoms with E-state index in [4.69, 9.17) is 23.2 Å². The minimum atomic E-state index is 0.673. The van der Waals surface area contributed by atoms with E-state index in [0.717, 1.165) is 26.9 Å². The van der Waals surface area contributed by atoms with Gasteiger partial charge < -0.3 is 4.98 Å². The molecule has 1 heterocycles. The molecule has 0 amide bonds. The first-order chi connectivity index (χ1) is 8.63. The smallest absolute Gasteiger partial charge is 0.139 e. The van der Waals surface area contributed by atoms with E-state index in [1.807, 2.05) is 36.4 Å². The zero-order valence-corrected chi connectivity index (χ0v) is 12.1. The van der Waals surface area contributed by atoms with E-state index in [2.05, 4.69) is 25.9 Å². The molecule has 0 bridgehead atoms. The zero-order valence-electron chi connectivity index (χ0n) is 9.05. The van der Waals surface area contributed by atoms with Crippen LogP contribution in [0.4, 0.5) is 0 Å². The Kier molecular flexibility index (Phi) is 3.06. The molecule has 1 N–H and O–H groups in total. The fraction of sp³-hybridized carbons (Fsp3) is 0. The van der Waals surface area contributed by atoms with Gasteiger partial charge in [0.25, 0.3) is 0 Å². The molecule has 90 valence electrons. The number of hydrogen-bond acceptors (Lipinski definition) is 1. The average Bonchev–Trinajstić information content (AvgIpc) is 2.74. The Hall–Kier alpha value is -1.03. The van der Waals surface area contributed by atoms with Crippen molar-refractivity contribution in [2.24, 2.45) is 0 Å². The molecule has 1 aromatic heterocycles. The predicted molar refractivity (Wildman–Crippen MR) is 79.2 cm³/mol. The van der Waals surface area contributed by atoms with E-state index >= 15 is 0 Å². The molecule has 0 saturated heterocycles. The van der Waals surface area contributed by atoms with Crippen LogP contribution in [0.3, 0.4) is 0 Å². The summed E-state index contributed by atoms with van der Waals surface area (Å²) < 4.78 is 0.942. The first-order valence-corrected chi connectivity index (χ1v) is 6.79. The number of aromatic amines is 1. The first kappa shape index (κ1) is 12.0. The summed E-state index contributed by atoms with van der Waals surface area (Å²) in [6.07, 6.45) is 0. The van der Waals surface area contributed by atoms with Gasteiger partial charge in [0, 0.05) is 20.1 Å². The van der Waals surface area contributed by atoms with E-state index in [0.29, 0.717) is 10.0 Å². The summed E-state index contributed by atoms with van der Waals surface area (Å²) in [5, 5.41) is 1.36. The molecule has 0 radical (unpaired) electrons. The number of nitrogens with one attached hydrogen (secondary N) is 1. The summed E-state index contributed by atoms with van der Waals surface area (Å²) in [5.74, 6) is 0.765. The lowest BCUT2D eigenvalue weighted by molar-refractivity contribution is 1.33. The summed E-state index contributed by atoms with van der Waals surface area (Å²) in [7, 11) is 0. The lowest BCUT2D eigenvalue weighted by Gasteiger charge is -2.00. The van der Waals surface area contributed by atoms with E-state index in [-0.39, 0.29) is 0 Å². The van der Waals surface area contributed by atoms with Crippen molar-refractivity contribution in [3.8, 4) is 11.4 Å². The lowest BCUT2D eigenvalue weighted by Crippen LogP contribution is -1.82. The molecule has 0 aliphatic rings. The van der Waals surface area contributed by atoms with Gasteiger partial charge in [0.2, 0.25) is 0 Å². The van der Waals surface area contributed by atoms with Gasteiger partial charge in [0.05, 0.1) is 11.0 Å². The third kappa shape index (κ3) is 2.14. The molecule has 3 aromatic rings. The molecular formula is C13H7BrCl2N2. The van der Waals surface area contributed by atoms with E-state index in [1.165, 1.54) is 0 Å². The maximum Gasteiger partial charge on any atom is 0.139 e. The minimum Gasteiger partial charge on any atom is -0.338 e. The number of halogens is 3. The highest BCUT2D eigenvalue weighted by atomic mass is 79.9. The Morgan fingerprint density at radius 2 is 1.72 bits per heavy atom. The van der Waals surface area contributed by atoms with Crippen molar-refractivity contribution < 1.29 is 0 Å². The van der Waals surface area contributed by atoms with Gasteiger partial charge in [-0.1, -0.05) is 39.1 Å². The Balaban J connectivity index is 2.22. The van der Waals surface area contributed by atoms with Crippen LogP contribution in [0.1, 0.15) is 0 Å². The standard InChI is InChI=1S/C13H7BrCl2N2/c14-10-3-1-7(15)5-9(10)13-17-11-4-2-8(16)6-12(11)18-13/h1-6H,(H,17,18). The number of aromatic nitrogens is 2. The Morgan fingerprint density at radius 3 is 2.56 bits per heavy atom. The normalized spacial score (nSPS) is 11.1. The number of H-pyrrole nitrogens is 1. The Labute approximate surface area is 122 Å². The topological polar surface area (TPSA) is 28.7 Å². The van der Waals surface area contributed by atoms with Gasteiger partial charge in [-0.2, -0.15) is 0 Å². The number of hydrogen-bond donors (Lipinski definition) is 1. The van der Waals surface area contributed by atoms with Gasteiger partial charge in [-0.25, -0.2) is 4.98 Å². The number of nitrogens with zero attached hydrogens (tertiary/aromatic N) is 1. The molecule has 0 atom stereocenters. The van der Waals surface area contributed by atoms with E-state index in [1.54, 1.807) is 0 Å². The summed E-state index contributed by atoms with van der Waals surface area (Å²) in [4.78, 5) is 7.76. The van der Waals surface area contributed by atoms with Gasteiger partial charge in [0.1, 0.15) is 5.82 Å². The molecule has 0 fully saturated rings. The van der Waals surface area contributed by atoms with Crippen LogP contribution >= 0.6 is 39.1 Å². The van der Waals surface area contributed by atoms with Gasteiger partial charge >= 0.3 is 0 Å². The van der Waals surface area contributed by atoms with E-state index < -0.39 is 0 Å². The second-order valence-corrected chi connectivity index (χ2v) is 5.60. The van der Waals surface area contributed by atoms with Crippen molar-refractivity contribution >= 4 is 50.2 Å². The second kappa shape index (κ2) is 4.57. The highest BCUT2D eigenvalue weighted by Crippen LogP contribution is 2.30. The average molecular weight is 342 g/mol. The summed E-state index contributed by atoms with van der Waals surface area (Å²) >= 11 is 15.5. The van der Waals surface area contributed by atoms with Gasteiger partial charge in [-0.3, -0.25) is 0 Å². The van der Waals surface area contributed by atoms with Crippen molar-refractivity contribution in [2.45, 2.75) is 0 Å². The third-order valence-electron chi connectivity index (χ3n) is 2.63. The van der Waals surface area contributed by atoms with Crippen LogP contribution in [0, 0.1) is 0 Å². The molecule has 2 nitrogen and oxygen atoms in total.